The Morgan fingerprint density at radius 3 is 3.00 bits per heavy atom. The van der Waals surface area contributed by atoms with Crippen molar-refractivity contribution >= 4 is 38.9 Å². The summed E-state index contributed by atoms with van der Waals surface area (Å²) in [6, 6.07) is 3.78. The summed E-state index contributed by atoms with van der Waals surface area (Å²) in [5, 5.41) is 6.26. The van der Waals surface area contributed by atoms with E-state index in [1.807, 2.05) is 17.5 Å². The molecule has 0 unspecified atom stereocenters. The van der Waals surface area contributed by atoms with E-state index in [1.54, 1.807) is 13.8 Å². The van der Waals surface area contributed by atoms with Crippen molar-refractivity contribution < 1.29 is 14.1 Å². The smallest absolute Gasteiger partial charge is 0.348 e. The third-order valence-corrected chi connectivity index (χ3v) is 5.93. The monoisotopic (exact) mass is 402 g/mol. The molecule has 4 rings (SSSR count). The van der Waals surface area contributed by atoms with E-state index in [-0.39, 0.29) is 18.7 Å². The first-order valence-corrected chi connectivity index (χ1v) is 9.80. The second kappa shape index (κ2) is 7.05. The molecule has 27 heavy (non-hydrogen) atoms. The lowest BCUT2D eigenvalue weighted by Gasteiger charge is -2.02. The molecule has 4 heterocycles. The third kappa shape index (κ3) is 3.17. The van der Waals surface area contributed by atoms with Crippen molar-refractivity contribution in [3.63, 3.8) is 0 Å². The van der Waals surface area contributed by atoms with Crippen molar-refractivity contribution in [3.05, 3.63) is 50.5 Å². The van der Waals surface area contributed by atoms with Crippen molar-refractivity contribution in [3.8, 4) is 10.8 Å². The summed E-state index contributed by atoms with van der Waals surface area (Å²) >= 11 is 2.65. The van der Waals surface area contributed by atoms with E-state index < -0.39 is 5.97 Å². The molecule has 0 aromatic carbocycles. The number of thiophene rings is 2. The zero-order valence-electron chi connectivity index (χ0n) is 14.5. The Bertz CT molecular complexity index is 1170. The van der Waals surface area contributed by atoms with E-state index in [4.69, 9.17) is 9.26 Å². The summed E-state index contributed by atoms with van der Waals surface area (Å²) in [6.45, 7) is 3.86. The fraction of sp³-hybridized carbons (Fsp3) is 0.235. The Morgan fingerprint density at radius 2 is 2.26 bits per heavy atom. The van der Waals surface area contributed by atoms with E-state index >= 15 is 0 Å². The SMILES string of the molecule is CCOC(=O)c1sc2ncn(Cc3noc(-c4cccs4)n3)c(=O)c2c1C. The number of carbonyl (C=O) groups excluding carboxylic acids is 1. The van der Waals surface area contributed by atoms with Crippen molar-refractivity contribution in [1.29, 1.82) is 0 Å². The number of aryl methyl sites for hydroxylation is 1. The highest BCUT2D eigenvalue weighted by Crippen LogP contribution is 2.27. The van der Waals surface area contributed by atoms with Gasteiger partial charge in [0, 0.05) is 0 Å². The van der Waals surface area contributed by atoms with E-state index in [0.29, 0.717) is 32.4 Å². The highest BCUT2D eigenvalue weighted by Gasteiger charge is 2.21. The summed E-state index contributed by atoms with van der Waals surface area (Å²) in [4.78, 5) is 35.3. The van der Waals surface area contributed by atoms with Gasteiger partial charge in [0.15, 0.2) is 5.82 Å². The van der Waals surface area contributed by atoms with Crippen molar-refractivity contribution in [2.24, 2.45) is 0 Å². The van der Waals surface area contributed by atoms with Gasteiger partial charge in [-0.3, -0.25) is 9.36 Å². The van der Waals surface area contributed by atoms with Gasteiger partial charge in [0.05, 0.1) is 29.7 Å². The minimum atomic E-state index is -0.442. The van der Waals surface area contributed by atoms with Crippen LogP contribution in [0.4, 0.5) is 0 Å². The van der Waals surface area contributed by atoms with Gasteiger partial charge in [-0.15, -0.1) is 22.7 Å². The van der Waals surface area contributed by atoms with Crippen LogP contribution in [0.2, 0.25) is 0 Å². The van der Waals surface area contributed by atoms with Crippen LogP contribution in [0, 0.1) is 6.92 Å². The molecule has 4 aromatic rings. The molecule has 4 aromatic heterocycles. The largest absolute Gasteiger partial charge is 0.462 e. The van der Waals surface area contributed by atoms with Crippen LogP contribution < -0.4 is 5.56 Å². The molecule has 0 atom stereocenters. The topological polar surface area (TPSA) is 100 Å². The third-order valence-electron chi connectivity index (χ3n) is 3.89. The van der Waals surface area contributed by atoms with Crippen LogP contribution in [0.3, 0.4) is 0 Å². The summed E-state index contributed by atoms with van der Waals surface area (Å²) in [5.41, 5.74) is 0.319. The molecule has 0 N–H and O–H groups in total. The van der Waals surface area contributed by atoms with Gasteiger partial charge in [0.1, 0.15) is 9.71 Å². The first kappa shape index (κ1) is 17.6. The summed E-state index contributed by atoms with van der Waals surface area (Å²) in [6.07, 6.45) is 1.43. The van der Waals surface area contributed by atoms with Crippen LogP contribution in [0.15, 0.2) is 33.2 Å². The fourth-order valence-corrected chi connectivity index (χ4v) is 4.31. The molecule has 0 spiro atoms. The summed E-state index contributed by atoms with van der Waals surface area (Å²) in [7, 11) is 0. The predicted molar refractivity (Wildman–Crippen MR) is 101 cm³/mol. The number of ether oxygens (including phenoxy) is 1. The number of nitrogens with zero attached hydrogens (tertiary/aromatic N) is 4. The minimum absolute atomic E-state index is 0.126. The van der Waals surface area contributed by atoms with Crippen LogP contribution in [0.5, 0.6) is 0 Å². The second-order valence-corrected chi connectivity index (χ2v) is 7.57. The van der Waals surface area contributed by atoms with Gasteiger partial charge in [-0.25, -0.2) is 9.78 Å². The lowest BCUT2D eigenvalue weighted by molar-refractivity contribution is 0.0531. The molecule has 0 radical (unpaired) electrons. The molecule has 138 valence electrons. The molecule has 10 heteroatoms. The van der Waals surface area contributed by atoms with E-state index in [2.05, 4.69) is 15.1 Å². The number of carbonyl (C=O) groups is 1. The van der Waals surface area contributed by atoms with Crippen molar-refractivity contribution in [1.82, 2.24) is 19.7 Å². The maximum Gasteiger partial charge on any atom is 0.348 e. The molecule has 0 fully saturated rings. The van der Waals surface area contributed by atoms with Gasteiger partial charge >= 0.3 is 5.97 Å². The maximum atomic E-state index is 12.9. The molecule has 0 bridgehead atoms. The minimum Gasteiger partial charge on any atom is -0.462 e. The van der Waals surface area contributed by atoms with Gasteiger partial charge in [-0.05, 0) is 30.9 Å². The molecule has 0 saturated heterocycles. The first-order chi connectivity index (χ1) is 13.1. The van der Waals surface area contributed by atoms with E-state index in [9.17, 15) is 9.59 Å². The molecule has 0 aliphatic heterocycles. The van der Waals surface area contributed by atoms with Crippen molar-refractivity contribution in [2.75, 3.05) is 6.61 Å². The Hall–Kier alpha value is -2.85. The zero-order chi connectivity index (χ0) is 19.0. The van der Waals surface area contributed by atoms with Crippen molar-refractivity contribution in [2.45, 2.75) is 20.4 Å². The summed E-state index contributed by atoms with van der Waals surface area (Å²) < 4.78 is 11.7. The Balaban J connectivity index is 1.69. The van der Waals surface area contributed by atoms with Gasteiger partial charge in [0.2, 0.25) is 0 Å². The number of fused-ring (bicyclic) bond motifs is 1. The number of aromatic nitrogens is 4. The van der Waals surface area contributed by atoms with Crippen LogP contribution in [0.25, 0.3) is 21.0 Å². The molecular formula is C17H14N4O4S2. The van der Waals surface area contributed by atoms with Crippen LogP contribution in [-0.2, 0) is 11.3 Å². The maximum absolute atomic E-state index is 12.9. The lowest BCUT2D eigenvalue weighted by atomic mass is 10.2. The zero-order valence-corrected chi connectivity index (χ0v) is 16.1. The lowest BCUT2D eigenvalue weighted by Crippen LogP contribution is -2.21. The van der Waals surface area contributed by atoms with E-state index in [0.717, 1.165) is 16.2 Å². The molecule has 0 aliphatic rings. The summed E-state index contributed by atoms with van der Waals surface area (Å²) in [5.74, 6) is 0.348. The molecule has 0 amide bonds. The molecule has 0 saturated carbocycles. The van der Waals surface area contributed by atoms with Crippen LogP contribution >= 0.6 is 22.7 Å². The average molecular weight is 402 g/mol. The fourth-order valence-electron chi connectivity index (χ4n) is 2.63. The van der Waals surface area contributed by atoms with Gasteiger partial charge in [0.25, 0.3) is 11.4 Å². The highest BCUT2D eigenvalue weighted by molar-refractivity contribution is 7.20. The Morgan fingerprint density at radius 1 is 1.41 bits per heavy atom. The van der Waals surface area contributed by atoms with Crippen LogP contribution in [0.1, 0.15) is 28.0 Å². The molecule has 0 aliphatic carbocycles. The van der Waals surface area contributed by atoms with Gasteiger partial charge in [-0.1, -0.05) is 11.2 Å². The Labute approximate surface area is 161 Å². The van der Waals surface area contributed by atoms with Gasteiger partial charge in [-0.2, -0.15) is 4.98 Å². The number of hydrogen-bond donors (Lipinski definition) is 0. The second-order valence-electron chi connectivity index (χ2n) is 5.63. The van der Waals surface area contributed by atoms with E-state index in [1.165, 1.54) is 22.2 Å². The van der Waals surface area contributed by atoms with Crippen LogP contribution in [-0.4, -0.2) is 32.3 Å². The predicted octanol–water partition coefficient (Wildman–Crippen LogP) is 3.10. The average Bonchev–Trinajstić information content (AvgIpc) is 3.38. The standard InChI is InChI=1S/C17H14N4O4S2/c1-3-24-17(23)13-9(2)12-15(27-13)18-8-21(16(12)22)7-11-19-14(25-20-11)10-5-4-6-26-10/h4-6,8H,3,7H2,1-2H3. The molecular weight excluding hydrogens is 388 g/mol. The highest BCUT2D eigenvalue weighted by atomic mass is 32.1. The quantitative estimate of drug-likeness (QED) is 0.473. The number of rotatable bonds is 5. The Kier molecular flexibility index (Phi) is 4.58. The first-order valence-electron chi connectivity index (χ1n) is 8.10. The van der Waals surface area contributed by atoms with Gasteiger partial charge < -0.3 is 9.26 Å². The molecule has 8 nitrogen and oxygen atoms in total. The number of esters is 1. The normalized spacial score (nSPS) is 11.2. The number of hydrogen-bond acceptors (Lipinski definition) is 9.